The first-order valence-electron chi connectivity index (χ1n) is 8.74. The van der Waals surface area contributed by atoms with Gasteiger partial charge < -0.3 is 10.6 Å². The van der Waals surface area contributed by atoms with Crippen molar-refractivity contribution in [3.8, 4) is 0 Å². The average Bonchev–Trinajstić information content (AvgIpc) is 2.61. The van der Waals surface area contributed by atoms with Crippen molar-refractivity contribution in [3.05, 3.63) is 59.7 Å². The number of carbonyl (C=O) groups is 2. The molecule has 0 heterocycles. The molecule has 2 N–H and O–H groups in total. The van der Waals surface area contributed by atoms with Gasteiger partial charge in [-0.2, -0.15) is 0 Å². The number of aryl methyl sites for hydroxylation is 1. The molecule has 0 fully saturated rings. The summed E-state index contributed by atoms with van der Waals surface area (Å²) in [5, 5.41) is 5.45. The van der Waals surface area contributed by atoms with E-state index < -0.39 is 0 Å². The molecule has 0 saturated carbocycles. The normalized spacial score (nSPS) is 11.9. The van der Waals surface area contributed by atoms with E-state index in [4.69, 9.17) is 0 Å². The van der Waals surface area contributed by atoms with Crippen LogP contribution < -0.4 is 10.6 Å². The van der Waals surface area contributed by atoms with E-state index in [1.54, 1.807) is 0 Å². The first kappa shape index (κ1) is 20.0. The molecule has 0 aliphatic rings. The monoisotopic (exact) mass is 370 g/mol. The number of benzene rings is 2. The molecular formula is C21H26N2O2S. The highest BCUT2D eigenvalue weighted by molar-refractivity contribution is 8.01. The van der Waals surface area contributed by atoms with E-state index in [2.05, 4.69) is 24.5 Å². The number of rotatable bonds is 7. The first-order chi connectivity index (χ1) is 12.3. The molecule has 2 rings (SSSR count). The second-order valence-corrected chi connectivity index (χ2v) is 7.97. The van der Waals surface area contributed by atoms with Gasteiger partial charge in [0.25, 0.3) is 0 Å². The Kier molecular flexibility index (Phi) is 7.27. The number of hydrogen-bond acceptors (Lipinski definition) is 3. The standard InChI is InChI=1S/C21H26N2O2S/c1-14(2)17-6-5-7-19(12-17)23-21(25)16(4)26-13-20(24)22-18-10-8-15(3)9-11-18/h5-12,14,16H,13H2,1-4H3,(H,22,24)(H,23,25). The van der Waals surface area contributed by atoms with Gasteiger partial charge in [0, 0.05) is 11.4 Å². The average molecular weight is 371 g/mol. The van der Waals surface area contributed by atoms with Crippen molar-refractivity contribution in [2.45, 2.75) is 38.9 Å². The molecule has 0 aliphatic carbocycles. The van der Waals surface area contributed by atoms with Crippen LogP contribution >= 0.6 is 11.8 Å². The van der Waals surface area contributed by atoms with Crippen LogP contribution in [0.25, 0.3) is 0 Å². The number of carbonyl (C=O) groups excluding carboxylic acids is 2. The predicted molar refractivity (Wildman–Crippen MR) is 111 cm³/mol. The third-order valence-corrected chi connectivity index (χ3v) is 5.13. The van der Waals surface area contributed by atoms with Gasteiger partial charge in [-0.25, -0.2) is 0 Å². The highest BCUT2D eigenvalue weighted by atomic mass is 32.2. The Bertz CT molecular complexity index is 757. The lowest BCUT2D eigenvalue weighted by atomic mass is 10.0. The van der Waals surface area contributed by atoms with Crippen LogP contribution in [-0.4, -0.2) is 22.8 Å². The molecule has 26 heavy (non-hydrogen) atoms. The van der Waals surface area contributed by atoms with Gasteiger partial charge in [0.15, 0.2) is 0 Å². The SMILES string of the molecule is Cc1ccc(NC(=O)CSC(C)C(=O)Nc2cccc(C(C)C)c2)cc1. The van der Waals surface area contributed by atoms with E-state index in [-0.39, 0.29) is 22.8 Å². The number of amides is 2. The van der Waals surface area contributed by atoms with Crippen LogP contribution in [0.2, 0.25) is 0 Å². The molecule has 0 bridgehead atoms. The van der Waals surface area contributed by atoms with Crippen molar-refractivity contribution in [2.75, 3.05) is 16.4 Å². The number of anilines is 2. The summed E-state index contributed by atoms with van der Waals surface area (Å²) in [4.78, 5) is 24.4. The summed E-state index contributed by atoms with van der Waals surface area (Å²) in [5.41, 5.74) is 3.88. The number of thioether (sulfide) groups is 1. The van der Waals surface area contributed by atoms with Gasteiger partial charge in [0.2, 0.25) is 11.8 Å². The van der Waals surface area contributed by atoms with Gasteiger partial charge in [0.05, 0.1) is 11.0 Å². The number of hydrogen-bond donors (Lipinski definition) is 2. The van der Waals surface area contributed by atoms with Gasteiger partial charge in [-0.1, -0.05) is 43.7 Å². The Labute approximate surface area is 159 Å². The van der Waals surface area contributed by atoms with E-state index >= 15 is 0 Å². The first-order valence-corrected chi connectivity index (χ1v) is 9.79. The maximum absolute atomic E-state index is 12.3. The second kappa shape index (κ2) is 9.43. The third kappa shape index (κ3) is 6.23. The fourth-order valence-corrected chi connectivity index (χ4v) is 3.01. The molecule has 1 unspecified atom stereocenters. The molecule has 4 nitrogen and oxygen atoms in total. The van der Waals surface area contributed by atoms with Crippen LogP contribution in [0.5, 0.6) is 0 Å². The Morgan fingerprint density at radius 1 is 0.962 bits per heavy atom. The van der Waals surface area contributed by atoms with Crippen molar-refractivity contribution in [3.63, 3.8) is 0 Å². The lowest BCUT2D eigenvalue weighted by molar-refractivity contribution is -0.115. The topological polar surface area (TPSA) is 58.2 Å². The zero-order valence-electron chi connectivity index (χ0n) is 15.7. The lowest BCUT2D eigenvalue weighted by Gasteiger charge is -2.13. The van der Waals surface area contributed by atoms with E-state index in [0.717, 1.165) is 16.9 Å². The number of nitrogens with one attached hydrogen (secondary N) is 2. The molecule has 138 valence electrons. The minimum Gasteiger partial charge on any atom is -0.325 e. The Balaban J connectivity index is 1.82. The Hall–Kier alpha value is -2.27. The third-order valence-electron chi connectivity index (χ3n) is 3.99. The minimum absolute atomic E-state index is 0.0981. The van der Waals surface area contributed by atoms with Gasteiger partial charge in [-0.15, -0.1) is 11.8 Å². The zero-order chi connectivity index (χ0) is 19.1. The molecule has 2 amide bonds. The summed E-state index contributed by atoms with van der Waals surface area (Å²) in [6.45, 7) is 8.04. The summed E-state index contributed by atoms with van der Waals surface area (Å²) in [6, 6.07) is 15.5. The summed E-state index contributed by atoms with van der Waals surface area (Å²) in [5.74, 6) is 0.428. The van der Waals surface area contributed by atoms with Gasteiger partial charge in [-0.3, -0.25) is 9.59 Å². The molecule has 2 aromatic carbocycles. The Morgan fingerprint density at radius 2 is 1.65 bits per heavy atom. The van der Waals surface area contributed by atoms with E-state index in [0.29, 0.717) is 5.92 Å². The van der Waals surface area contributed by atoms with Gasteiger partial charge in [0.1, 0.15) is 0 Å². The van der Waals surface area contributed by atoms with Crippen molar-refractivity contribution >= 4 is 35.0 Å². The molecule has 0 radical (unpaired) electrons. The molecular weight excluding hydrogens is 344 g/mol. The largest absolute Gasteiger partial charge is 0.325 e. The summed E-state index contributed by atoms with van der Waals surface area (Å²) < 4.78 is 0. The van der Waals surface area contributed by atoms with Crippen molar-refractivity contribution in [1.29, 1.82) is 0 Å². The van der Waals surface area contributed by atoms with Gasteiger partial charge >= 0.3 is 0 Å². The van der Waals surface area contributed by atoms with E-state index in [9.17, 15) is 9.59 Å². The molecule has 0 aromatic heterocycles. The Morgan fingerprint density at radius 3 is 2.31 bits per heavy atom. The summed E-state index contributed by atoms with van der Waals surface area (Å²) in [7, 11) is 0. The fourth-order valence-electron chi connectivity index (χ4n) is 2.33. The fraction of sp³-hybridized carbons (Fsp3) is 0.333. The molecule has 0 saturated heterocycles. The molecule has 0 spiro atoms. The van der Waals surface area contributed by atoms with Crippen molar-refractivity contribution in [1.82, 2.24) is 0 Å². The van der Waals surface area contributed by atoms with Crippen LogP contribution in [-0.2, 0) is 9.59 Å². The maximum Gasteiger partial charge on any atom is 0.237 e. The molecule has 0 aliphatic heterocycles. The summed E-state index contributed by atoms with van der Waals surface area (Å²) in [6.07, 6.45) is 0. The summed E-state index contributed by atoms with van der Waals surface area (Å²) >= 11 is 1.32. The van der Waals surface area contributed by atoms with Crippen molar-refractivity contribution < 1.29 is 9.59 Å². The van der Waals surface area contributed by atoms with E-state index in [1.807, 2.05) is 62.4 Å². The quantitative estimate of drug-likeness (QED) is 0.735. The lowest BCUT2D eigenvalue weighted by Crippen LogP contribution is -2.25. The zero-order valence-corrected chi connectivity index (χ0v) is 16.5. The smallest absolute Gasteiger partial charge is 0.237 e. The minimum atomic E-state index is -0.318. The molecule has 1 atom stereocenters. The van der Waals surface area contributed by atoms with Crippen LogP contribution in [0.1, 0.15) is 37.8 Å². The van der Waals surface area contributed by atoms with Crippen LogP contribution in [0, 0.1) is 6.92 Å². The molecule has 2 aromatic rings. The van der Waals surface area contributed by atoms with Crippen LogP contribution in [0.15, 0.2) is 48.5 Å². The second-order valence-electron chi connectivity index (χ2n) is 6.64. The van der Waals surface area contributed by atoms with Crippen LogP contribution in [0.4, 0.5) is 11.4 Å². The van der Waals surface area contributed by atoms with Gasteiger partial charge in [-0.05, 0) is 49.6 Å². The highest BCUT2D eigenvalue weighted by Crippen LogP contribution is 2.20. The predicted octanol–water partition coefficient (Wildman–Crippen LogP) is 4.82. The van der Waals surface area contributed by atoms with Crippen LogP contribution in [0.3, 0.4) is 0 Å². The highest BCUT2D eigenvalue weighted by Gasteiger charge is 2.16. The van der Waals surface area contributed by atoms with Crippen molar-refractivity contribution in [2.24, 2.45) is 0 Å². The molecule has 5 heteroatoms. The van der Waals surface area contributed by atoms with E-state index in [1.165, 1.54) is 17.3 Å². The maximum atomic E-state index is 12.3.